The summed E-state index contributed by atoms with van der Waals surface area (Å²) >= 11 is 0. The molecule has 2 rings (SSSR count). The van der Waals surface area contributed by atoms with Crippen LogP contribution in [0.1, 0.15) is 5.56 Å². The van der Waals surface area contributed by atoms with E-state index in [4.69, 9.17) is 0 Å². The van der Waals surface area contributed by atoms with Crippen LogP contribution in [-0.2, 0) is 6.42 Å². The zero-order valence-corrected chi connectivity index (χ0v) is 9.29. The Balaban J connectivity index is 1.90. The summed E-state index contributed by atoms with van der Waals surface area (Å²) in [5, 5.41) is 2.99. The van der Waals surface area contributed by atoms with Crippen molar-refractivity contribution in [1.82, 2.24) is 0 Å². The second-order valence-corrected chi connectivity index (χ2v) is 3.82. The molecule has 0 aliphatic rings. The smallest absolute Gasteiger partial charge is 0.128 e. The molecule has 0 amide bonds. The maximum absolute atomic E-state index is 12.9. The summed E-state index contributed by atoms with van der Waals surface area (Å²) in [6.07, 6.45) is 0.818. The van der Waals surface area contributed by atoms with E-state index >= 15 is 0 Å². The van der Waals surface area contributed by atoms with Crippen molar-refractivity contribution < 1.29 is 8.78 Å². The van der Waals surface area contributed by atoms with E-state index in [-0.39, 0.29) is 0 Å². The lowest BCUT2D eigenvalue weighted by Crippen LogP contribution is -2.05. The molecule has 2 aromatic carbocycles. The van der Waals surface area contributed by atoms with Gasteiger partial charge in [-0.05, 0) is 24.1 Å². The van der Waals surface area contributed by atoms with Crippen LogP contribution >= 0.6 is 0 Å². The zero-order chi connectivity index (χ0) is 12.1. The first-order valence-electron chi connectivity index (χ1n) is 5.48. The fraction of sp³-hybridized carbons (Fsp3) is 0.143. The molecule has 0 radical (unpaired) electrons. The van der Waals surface area contributed by atoms with E-state index in [2.05, 4.69) is 5.32 Å². The van der Waals surface area contributed by atoms with Gasteiger partial charge in [0, 0.05) is 18.3 Å². The second kappa shape index (κ2) is 5.43. The standard InChI is InChI=1S/C14H13F2N/c15-12-8-13(16)10-14(9-12)17-7-6-11-4-2-1-3-5-11/h1-5,8-10,17H,6-7H2. The third-order valence-electron chi connectivity index (χ3n) is 2.45. The average molecular weight is 233 g/mol. The molecule has 1 nitrogen and oxygen atoms in total. The monoisotopic (exact) mass is 233 g/mol. The van der Waals surface area contributed by atoms with E-state index in [1.54, 1.807) is 0 Å². The average Bonchev–Trinajstić information content (AvgIpc) is 2.29. The third-order valence-corrected chi connectivity index (χ3v) is 2.45. The molecule has 2 aromatic rings. The molecule has 88 valence electrons. The van der Waals surface area contributed by atoms with Gasteiger partial charge in [-0.25, -0.2) is 8.78 Å². The Morgan fingerprint density at radius 2 is 1.53 bits per heavy atom. The SMILES string of the molecule is Fc1cc(F)cc(NCCc2ccccc2)c1. The van der Waals surface area contributed by atoms with Gasteiger partial charge in [-0.15, -0.1) is 0 Å². The molecular weight excluding hydrogens is 220 g/mol. The van der Waals surface area contributed by atoms with Gasteiger partial charge in [-0.3, -0.25) is 0 Å². The van der Waals surface area contributed by atoms with Crippen LogP contribution in [0.25, 0.3) is 0 Å². The number of nitrogens with one attached hydrogen (secondary N) is 1. The number of halogens is 2. The van der Waals surface area contributed by atoms with E-state index in [0.29, 0.717) is 12.2 Å². The number of rotatable bonds is 4. The fourth-order valence-corrected chi connectivity index (χ4v) is 1.65. The number of hydrogen-bond acceptors (Lipinski definition) is 1. The van der Waals surface area contributed by atoms with Crippen LogP contribution in [0.5, 0.6) is 0 Å². The van der Waals surface area contributed by atoms with Gasteiger partial charge >= 0.3 is 0 Å². The highest BCUT2D eigenvalue weighted by atomic mass is 19.1. The van der Waals surface area contributed by atoms with Gasteiger partial charge in [0.15, 0.2) is 0 Å². The highest BCUT2D eigenvalue weighted by Gasteiger charge is 1.99. The number of hydrogen-bond donors (Lipinski definition) is 1. The van der Waals surface area contributed by atoms with Gasteiger partial charge in [0.25, 0.3) is 0 Å². The topological polar surface area (TPSA) is 12.0 Å². The predicted octanol–water partition coefficient (Wildman–Crippen LogP) is 3.62. The minimum absolute atomic E-state index is 0.471. The molecule has 0 saturated heterocycles. The molecular formula is C14H13F2N. The molecule has 0 heterocycles. The first-order chi connectivity index (χ1) is 8.24. The van der Waals surface area contributed by atoms with Crippen LogP contribution in [0, 0.1) is 11.6 Å². The van der Waals surface area contributed by atoms with Crippen molar-refractivity contribution in [3.05, 3.63) is 65.7 Å². The van der Waals surface area contributed by atoms with Crippen molar-refractivity contribution in [1.29, 1.82) is 0 Å². The molecule has 3 heteroatoms. The Kier molecular flexibility index (Phi) is 3.70. The predicted molar refractivity (Wildman–Crippen MR) is 65.0 cm³/mol. The van der Waals surface area contributed by atoms with Crippen molar-refractivity contribution >= 4 is 5.69 Å². The summed E-state index contributed by atoms with van der Waals surface area (Å²) in [7, 11) is 0. The Hall–Kier alpha value is -1.90. The molecule has 0 fully saturated rings. The van der Waals surface area contributed by atoms with Crippen molar-refractivity contribution in [2.45, 2.75) is 6.42 Å². The lowest BCUT2D eigenvalue weighted by atomic mass is 10.1. The highest BCUT2D eigenvalue weighted by molar-refractivity contribution is 5.43. The van der Waals surface area contributed by atoms with Gasteiger partial charge in [-0.2, -0.15) is 0 Å². The van der Waals surface area contributed by atoms with Crippen molar-refractivity contribution in [2.24, 2.45) is 0 Å². The molecule has 0 aromatic heterocycles. The third kappa shape index (κ3) is 3.55. The highest BCUT2D eigenvalue weighted by Crippen LogP contribution is 2.12. The van der Waals surface area contributed by atoms with Crippen molar-refractivity contribution in [2.75, 3.05) is 11.9 Å². The minimum Gasteiger partial charge on any atom is -0.385 e. The van der Waals surface area contributed by atoms with Gasteiger partial charge in [-0.1, -0.05) is 30.3 Å². The molecule has 0 unspecified atom stereocenters. The zero-order valence-electron chi connectivity index (χ0n) is 9.29. The molecule has 17 heavy (non-hydrogen) atoms. The quantitative estimate of drug-likeness (QED) is 0.850. The lowest BCUT2D eigenvalue weighted by molar-refractivity contribution is 0.584. The van der Waals surface area contributed by atoms with E-state index in [1.165, 1.54) is 17.7 Å². The number of anilines is 1. The Labute approximate surface area is 99.1 Å². The Bertz CT molecular complexity index is 463. The largest absolute Gasteiger partial charge is 0.385 e. The van der Waals surface area contributed by atoms with Gasteiger partial charge in [0.1, 0.15) is 11.6 Å². The molecule has 1 N–H and O–H groups in total. The molecule has 0 aliphatic heterocycles. The summed E-state index contributed by atoms with van der Waals surface area (Å²) in [5.41, 5.74) is 1.66. The molecule has 0 spiro atoms. The molecule has 0 aliphatic carbocycles. The van der Waals surface area contributed by atoms with Crippen LogP contribution in [0.15, 0.2) is 48.5 Å². The van der Waals surface area contributed by atoms with E-state index in [0.717, 1.165) is 12.5 Å². The summed E-state index contributed by atoms with van der Waals surface area (Å²) in [6.45, 7) is 0.646. The van der Waals surface area contributed by atoms with Crippen molar-refractivity contribution in [3.8, 4) is 0 Å². The van der Waals surface area contributed by atoms with Crippen molar-refractivity contribution in [3.63, 3.8) is 0 Å². The minimum atomic E-state index is -0.563. The molecule has 0 bridgehead atoms. The summed E-state index contributed by atoms with van der Waals surface area (Å²) in [4.78, 5) is 0. The lowest BCUT2D eigenvalue weighted by Gasteiger charge is -2.06. The second-order valence-electron chi connectivity index (χ2n) is 3.82. The Morgan fingerprint density at radius 3 is 2.18 bits per heavy atom. The summed E-state index contributed by atoms with van der Waals surface area (Å²) in [5.74, 6) is -1.13. The van der Waals surface area contributed by atoms with Crippen LogP contribution in [0.2, 0.25) is 0 Å². The summed E-state index contributed by atoms with van der Waals surface area (Å²) < 4.78 is 25.8. The van der Waals surface area contributed by atoms with Gasteiger partial charge < -0.3 is 5.32 Å². The van der Waals surface area contributed by atoms with Gasteiger partial charge in [0.2, 0.25) is 0 Å². The van der Waals surface area contributed by atoms with E-state index < -0.39 is 11.6 Å². The first-order valence-corrected chi connectivity index (χ1v) is 5.48. The summed E-state index contributed by atoms with van der Waals surface area (Å²) in [6, 6.07) is 13.4. The van der Waals surface area contributed by atoms with Crippen LogP contribution in [0.3, 0.4) is 0 Å². The molecule has 0 atom stereocenters. The van der Waals surface area contributed by atoms with Crippen LogP contribution < -0.4 is 5.32 Å². The van der Waals surface area contributed by atoms with Crippen LogP contribution in [0.4, 0.5) is 14.5 Å². The van der Waals surface area contributed by atoms with E-state index in [9.17, 15) is 8.78 Å². The van der Waals surface area contributed by atoms with E-state index in [1.807, 2.05) is 30.3 Å². The number of benzene rings is 2. The fourth-order valence-electron chi connectivity index (χ4n) is 1.65. The molecule has 0 saturated carbocycles. The van der Waals surface area contributed by atoms with Crippen LogP contribution in [-0.4, -0.2) is 6.54 Å². The maximum Gasteiger partial charge on any atom is 0.128 e. The first kappa shape index (κ1) is 11.6. The Morgan fingerprint density at radius 1 is 0.882 bits per heavy atom. The maximum atomic E-state index is 12.9. The van der Waals surface area contributed by atoms with Gasteiger partial charge in [0.05, 0.1) is 0 Å². The normalized spacial score (nSPS) is 10.2.